The fourth-order valence-corrected chi connectivity index (χ4v) is 3.38. The summed E-state index contributed by atoms with van der Waals surface area (Å²) in [6, 6.07) is 2.19. The van der Waals surface area contributed by atoms with Crippen LogP contribution in [0.4, 0.5) is 0 Å². The lowest BCUT2D eigenvalue weighted by Crippen LogP contribution is -2.36. The van der Waals surface area contributed by atoms with E-state index in [1.165, 1.54) is 19.3 Å². The molecule has 96 valence electrons. The van der Waals surface area contributed by atoms with Gasteiger partial charge in [0.1, 0.15) is 0 Å². The number of halogens is 1. The number of hydrogen-bond donors (Lipinski definition) is 2. The van der Waals surface area contributed by atoms with Crippen molar-refractivity contribution in [2.24, 2.45) is 23.6 Å². The molecule has 3 nitrogen and oxygen atoms in total. The molecule has 1 aliphatic rings. The number of rotatable bonds is 3. The molecule has 0 amide bonds. The number of hydrazine groups is 1. The molecule has 1 saturated carbocycles. The van der Waals surface area contributed by atoms with Crippen LogP contribution in [0.3, 0.4) is 0 Å². The molecular formula is C13H21BrN2O. The maximum atomic E-state index is 5.73. The van der Waals surface area contributed by atoms with Crippen molar-refractivity contribution in [3.63, 3.8) is 0 Å². The van der Waals surface area contributed by atoms with Crippen LogP contribution in [-0.4, -0.2) is 0 Å². The second-order valence-electron chi connectivity index (χ2n) is 5.32. The Morgan fingerprint density at radius 3 is 2.71 bits per heavy atom. The minimum Gasteiger partial charge on any atom is -0.457 e. The highest BCUT2D eigenvalue weighted by Crippen LogP contribution is 2.41. The topological polar surface area (TPSA) is 51.2 Å². The van der Waals surface area contributed by atoms with Crippen molar-refractivity contribution in [1.82, 2.24) is 5.43 Å². The molecule has 0 aliphatic heterocycles. The van der Waals surface area contributed by atoms with Gasteiger partial charge in [0, 0.05) is 5.56 Å². The summed E-state index contributed by atoms with van der Waals surface area (Å²) in [4.78, 5) is 0. The molecule has 1 aromatic rings. The third-order valence-electron chi connectivity index (χ3n) is 4.27. The van der Waals surface area contributed by atoms with Gasteiger partial charge in [-0.25, -0.2) is 0 Å². The highest BCUT2D eigenvalue weighted by Gasteiger charge is 2.31. The minimum atomic E-state index is 0.193. The van der Waals surface area contributed by atoms with E-state index in [4.69, 9.17) is 10.3 Å². The van der Waals surface area contributed by atoms with E-state index in [0.717, 1.165) is 22.1 Å². The van der Waals surface area contributed by atoms with Gasteiger partial charge < -0.3 is 4.42 Å². The van der Waals surface area contributed by atoms with Gasteiger partial charge in [0.25, 0.3) is 0 Å². The van der Waals surface area contributed by atoms with Gasteiger partial charge in [0.05, 0.1) is 12.3 Å². The first-order valence-electron chi connectivity index (χ1n) is 6.32. The van der Waals surface area contributed by atoms with Gasteiger partial charge in [-0.1, -0.05) is 20.3 Å². The lowest BCUT2D eigenvalue weighted by Gasteiger charge is -2.36. The maximum absolute atomic E-state index is 5.73. The molecule has 2 rings (SSSR count). The standard InChI is InChI=1S/C13H21BrN2O/c1-8-3-4-10(7-9(8)2)12(16-15)11-5-6-17-13(11)14/h5-6,8-10,12,16H,3-4,7,15H2,1-2H3. The lowest BCUT2D eigenvalue weighted by atomic mass is 9.72. The summed E-state index contributed by atoms with van der Waals surface area (Å²) in [6.07, 6.45) is 5.46. The molecule has 1 aliphatic carbocycles. The quantitative estimate of drug-likeness (QED) is 0.662. The first kappa shape index (κ1) is 13.1. The fourth-order valence-electron chi connectivity index (χ4n) is 2.90. The summed E-state index contributed by atoms with van der Waals surface area (Å²) < 4.78 is 6.11. The average Bonchev–Trinajstić information content (AvgIpc) is 2.71. The normalized spacial score (nSPS) is 31.4. The van der Waals surface area contributed by atoms with E-state index < -0.39 is 0 Å². The van der Waals surface area contributed by atoms with Crippen LogP contribution in [0.5, 0.6) is 0 Å². The summed E-state index contributed by atoms with van der Waals surface area (Å²) in [5, 5.41) is 0. The smallest absolute Gasteiger partial charge is 0.173 e. The molecule has 17 heavy (non-hydrogen) atoms. The summed E-state index contributed by atoms with van der Waals surface area (Å²) in [5.41, 5.74) is 4.10. The van der Waals surface area contributed by atoms with Crippen LogP contribution in [0.25, 0.3) is 0 Å². The van der Waals surface area contributed by atoms with Crippen LogP contribution in [0, 0.1) is 17.8 Å². The van der Waals surface area contributed by atoms with Crippen molar-refractivity contribution in [3.8, 4) is 0 Å². The molecule has 1 aromatic heterocycles. The Balaban J connectivity index is 2.12. The summed E-state index contributed by atoms with van der Waals surface area (Å²) in [7, 11) is 0. The predicted molar refractivity (Wildman–Crippen MR) is 72.1 cm³/mol. The van der Waals surface area contributed by atoms with E-state index in [1.807, 2.05) is 6.07 Å². The monoisotopic (exact) mass is 300 g/mol. The van der Waals surface area contributed by atoms with Crippen molar-refractivity contribution >= 4 is 15.9 Å². The van der Waals surface area contributed by atoms with Gasteiger partial charge in [0.15, 0.2) is 4.67 Å². The van der Waals surface area contributed by atoms with Gasteiger partial charge in [-0.2, -0.15) is 0 Å². The molecule has 1 heterocycles. The van der Waals surface area contributed by atoms with Crippen LogP contribution in [0.15, 0.2) is 21.4 Å². The SMILES string of the molecule is CC1CCC(C(NN)c2ccoc2Br)CC1C. The van der Waals surface area contributed by atoms with Crippen molar-refractivity contribution in [1.29, 1.82) is 0 Å². The number of hydrogen-bond acceptors (Lipinski definition) is 3. The average molecular weight is 301 g/mol. The Labute approximate surface area is 111 Å². The first-order valence-corrected chi connectivity index (χ1v) is 7.11. The largest absolute Gasteiger partial charge is 0.457 e. The summed E-state index contributed by atoms with van der Waals surface area (Å²) >= 11 is 3.44. The third-order valence-corrected chi connectivity index (χ3v) is 4.92. The fraction of sp³-hybridized carbons (Fsp3) is 0.692. The number of nitrogens with two attached hydrogens (primary N) is 1. The summed E-state index contributed by atoms with van der Waals surface area (Å²) in [6.45, 7) is 4.69. The Morgan fingerprint density at radius 1 is 1.41 bits per heavy atom. The molecule has 1 fully saturated rings. The Hall–Kier alpha value is -0.320. The highest BCUT2D eigenvalue weighted by atomic mass is 79.9. The van der Waals surface area contributed by atoms with Crippen LogP contribution in [-0.2, 0) is 0 Å². The van der Waals surface area contributed by atoms with E-state index in [1.54, 1.807) is 6.26 Å². The van der Waals surface area contributed by atoms with E-state index in [0.29, 0.717) is 5.92 Å². The Morgan fingerprint density at radius 2 is 2.18 bits per heavy atom. The van der Waals surface area contributed by atoms with Gasteiger partial charge in [-0.05, 0) is 52.6 Å². The van der Waals surface area contributed by atoms with Crippen molar-refractivity contribution in [3.05, 3.63) is 22.6 Å². The second kappa shape index (κ2) is 5.55. The molecule has 4 unspecified atom stereocenters. The predicted octanol–water partition coefficient (Wildman–Crippen LogP) is 3.62. The lowest BCUT2D eigenvalue weighted by molar-refractivity contribution is 0.170. The van der Waals surface area contributed by atoms with Gasteiger partial charge in [-0.15, -0.1) is 0 Å². The zero-order chi connectivity index (χ0) is 12.4. The van der Waals surface area contributed by atoms with E-state index in [2.05, 4.69) is 35.2 Å². The van der Waals surface area contributed by atoms with Crippen LogP contribution in [0.1, 0.15) is 44.7 Å². The van der Waals surface area contributed by atoms with E-state index in [9.17, 15) is 0 Å². The third kappa shape index (κ3) is 2.75. The second-order valence-corrected chi connectivity index (χ2v) is 6.04. The molecule has 3 N–H and O–H groups in total. The molecule has 0 bridgehead atoms. The molecule has 0 saturated heterocycles. The van der Waals surface area contributed by atoms with Crippen molar-refractivity contribution in [2.75, 3.05) is 0 Å². The van der Waals surface area contributed by atoms with E-state index >= 15 is 0 Å². The van der Waals surface area contributed by atoms with Crippen molar-refractivity contribution in [2.45, 2.75) is 39.2 Å². The van der Waals surface area contributed by atoms with E-state index in [-0.39, 0.29) is 6.04 Å². The van der Waals surface area contributed by atoms with Crippen molar-refractivity contribution < 1.29 is 4.42 Å². The van der Waals surface area contributed by atoms with Gasteiger partial charge in [-0.3, -0.25) is 11.3 Å². The van der Waals surface area contributed by atoms with Gasteiger partial charge >= 0.3 is 0 Å². The Kier molecular flexibility index (Phi) is 4.28. The zero-order valence-electron chi connectivity index (χ0n) is 10.4. The maximum Gasteiger partial charge on any atom is 0.173 e. The molecule has 0 radical (unpaired) electrons. The molecule has 0 spiro atoms. The number of nitrogens with one attached hydrogen (secondary N) is 1. The minimum absolute atomic E-state index is 0.193. The molecule has 0 aromatic carbocycles. The highest BCUT2D eigenvalue weighted by molar-refractivity contribution is 9.10. The van der Waals surface area contributed by atoms with Crippen LogP contribution < -0.4 is 11.3 Å². The number of furan rings is 1. The van der Waals surface area contributed by atoms with Crippen LogP contribution in [0.2, 0.25) is 0 Å². The Bertz CT molecular complexity index is 366. The molecule has 4 atom stereocenters. The van der Waals surface area contributed by atoms with Gasteiger partial charge in [0.2, 0.25) is 0 Å². The first-order chi connectivity index (χ1) is 8.13. The molecular weight excluding hydrogens is 280 g/mol. The van der Waals surface area contributed by atoms with Crippen LogP contribution >= 0.6 is 15.9 Å². The zero-order valence-corrected chi connectivity index (χ0v) is 12.0. The summed E-state index contributed by atoms with van der Waals surface area (Å²) in [5.74, 6) is 7.93. The molecule has 4 heteroatoms.